The predicted molar refractivity (Wildman–Crippen MR) is 104 cm³/mol. The number of unbranched alkanes of at least 4 members (excludes halogenated alkanes) is 4. The summed E-state index contributed by atoms with van der Waals surface area (Å²) in [5.41, 5.74) is 0. The second kappa shape index (κ2) is 11.3. The molecule has 148 valence electrons. The minimum absolute atomic E-state index is 0.0319. The number of rotatable bonds is 12. The summed E-state index contributed by atoms with van der Waals surface area (Å²) in [6.07, 6.45) is 8.06. The van der Waals surface area contributed by atoms with Crippen LogP contribution in [-0.4, -0.2) is 54.5 Å². The van der Waals surface area contributed by atoms with E-state index in [1.807, 2.05) is 11.8 Å². The Kier molecular flexibility index (Phi) is 9.08. The Bertz CT molecular complexity index is 489. The number of nitrogens with one attached hydrogen (secondary N) is 4. The number of hydrogen-bond donors (Lipinski definition) is 4. The SMILES string of the molecule is CNC(=O)CCCCCNC(=O)CCCCCC1SCC2NC(=O)NC21. The van der Waals surface area contributed by atoms with E-state index in [-0.39, 0.29) is 23.9 Å². The van der Waals surface area contributed by atoms with Gasteiger partial charge in [-0.2, -0.15) is 11.8 Å². The molecule has 0 spiro atoms. The number of urea groups is 1. The average Bonchev–Trinajstić information content (AvgIpc) is 3.17. The van der Waals surface area contributed by atoms with Gasteiger partial charge in [-0.1, -0.05) is 19.3 Å². The van der Waals surface area contributed by atoms with Gasteiger partial charge in [-0.15, -0.1) is 0 Å². The minimum atomic E-state index is -0.0319. The highest BCUT2D eigenvalue weighted by Crippen LogP contribution is 2.33. The van der Waals surface area contributed by atoms with E-state index < -0.39 is 0 Å². The van der Waals surface area contributed by atoms with E-state index in [1.54, 1.807) is 7.05 Å². The van der Waals surface area contributed by atoms with Gasteiger partial charge in [-0.05, 0) is 25.7 Å². The second-order valence-electron chi connectivity index (χ2n) is 7.05. The van der Waals surface area contributed by atoms with Crippen LogP contribution in [0.4, 0.5) is 4.79 Å². The molecule has 3 atom stereocenters. The molecule has 4 N–H and O–H groups in total. The first kappa shape index (κ1) is 20.9. The largest absolute Gasteiger partial charge is 0.359 e. The molecule has 0 aromatic heterocycles. The maximum Gasteiger partial charge on any atom is 0.315 e. The van der Waals surface area contributed by atoms with Crippen molar-refractivity contribution in [1.82, 2.24) is 21.3 Å². The van der Waals surface area contributed by atoms with Crippen LogP contribution in [0.1, 0.15) is 57.8 Å². The number of amides is 4. The van der Waals surface area contributed by atoms with Gasteiger partial charge in [0.1, 0.15) is 0 Å². The summed E-state index contributed by atoms with van der Waals surface area (Å²) in [7, 11) is 1.65. The van der Waals surface area contributed by atoms with Crippen molar-refractivity contribution in [2.24, 2.45) is 0 Å². The van der Waals surface area contributed by atoms with Crippen LogP contribution in [0.5, 0.6) is 0 Å². The molecule has 0 aromatic carbocycles. The summed E-state index contributed by atoms with van der Waals surface area (Å²) < 4.78 is 0. The Morgan fingerprint density at radius 1 is 1.04 bits per heavy atom. The predicted octanol–water partition coefficient (Wildman–Crippen LogP) is 1.52. The van der Waals surface area contributed by atoms with Gasteiger partial charge < -0.3 is 21.3 Å². The fourth-order valence-corrected chi connectivity index (χ4v) is 5.02. The van der Waals surface area contributed by atoms with Crippen LogP contribution in [0.15, 0.2) is 0 Å². The van der Waals surface area contributed by atoms with Crippen LogP contribution in [0.3, 0.4) is 0 Å². The summed E-state index contributed by atoms with van der Waals surface area (Å²) in [4.78, 5) is 34.2. The number of carbonyl (C=O) groups excluding carboxylic acids is 3. The van der Waals surface area contributed by atoms with Crippen molar-refractivity contribution in [2.45, 2.75) is 75.1 Å². The zero-order valence-electron chi connectivity index (χ0n) is 15.6. The van der Waals surface area contributed by atoms with Gasteiger partial charge in [0.05, 0.1) is 12.1 Å². The molecule has 0 bridgehead atoms. The van der Waals surface area contributed by atoms with E-state index in [0.29, 0.717) is 30.7 Å². The van der Waals surface area contributed by atoms with Crippen LogP contribution >= 0.6 is 11.8 Å². The van der Waals surface area contributed by atoms with E-state index in [4.69, 9.17) is 0 Å². The molecule has 0 aromatic rings. The third kappa shape index (κ3) is 7.05. The molecule has 0 radical (unpaired) electrons. The van der Waals surface area contributed by atoms with Crippen LogP contribution in [0.2, 0.25) is 0 Å². The zero-order valence-corrected chi connectivity index (χ0v) is 16.5. The van der Waals surface area contributed by atoms with Crippen molar-refractivity contribution in [1.29, 1.82) is 0 Å². The topological polar surface area (TPSA) is 99.3 Å². The molecule has 7 nitrogen and oxygen atoms in total. The molecule has 3 unspecified atom stereocenters. The van der Waals surface area contributed by atoms with Crippen LogP contribution in [0, 0.1) is 0 Å². The van der Waals surface area contributed by atoms with Crippen molar-refractivity contribution in [3.8, 4) is 0 Å². The minimum Gasteiger partial charge on any atom is -0.359 e. The Morgan fingerprint density at radius 2 is 1.77 bits per heavy atom. The van der Waals surface area contributed by atoms with E-state index in [1.165, 1.54) is 0 Å². The fourth-order valence-electron chi connectivity index (χ4n) is 3.48. The molecule has 0 saturated carbocycles. The molecule has 2 fully saturated rings. The highest BCUT2D eigenvalue weighted by Gasteiger charge is 2.42. The molecule has 2 aliphatic heterocycles. The zero-order chi connectivity index (χ0) is 18.8. The Labute approximate surface area is 160 Å². The molecular weight excluding hydrogens is 352 g/mol. The first-order valence-electron chi connectivity index (χ1n) is 9.76. The molecule has 2 rings (SSSR count). The highest BCUT2D eigenvalue weighted by atomic mass is 32.2. The first-order valence-corrected chi connectivity index (χ1v) is 10.8. The van der Waals surface area contributed by atoms with Gasteiger partial charge in [0, 0.05) is 37.4 Å². The molecule has 26 heavy (non-hydrogen) atoms. The Hall–Kier alpha value is -1.44. The third-order valence-electron chi connectivity index (χ3n) is 5.01. The average molecular weight is 385 g/mol. The molecular formula is C18H32N4O3S. The maximum absolute atomic E-state index is 11.8. The molecule has 8 heteroatoms. The van der Waals surface area contributed by atoms with Crippen LogP contribution in [0.25, 0.3) is 0 Å². The first-order chi connectivity index (χ1) is 12.6. The molecule has 2 aliphatic rings. The lowest BCUT2D eigenvalue weighted by Crippen LogP contribution is -2.36. The summed E-state index contributed by atoms with van der Waals surface area (Å²) >= 11 is 1.94. The number of fused-ring (bicyclic) bond motifs is 1. The van der Waals surface area contributed by atoms with E-state index in [2.05, 4.69) is 21.3 Å². The lowest BCUT2D eigenvalue weighted by Gasteiger charge is -2.16. The van der Waals surface area contributed by atoms with Gasteiger partial charge in [0.25, 0.3) is 0 Å². The van der Waals surface area contributed by atoms with Crippen molar-refractivity contribution in [2.75, 3.05) is 19.3 Å². The summed E-state index contributed by atoms with van der Waals surface area (Å²) in [5, 5.41) is 12.0. The number of thioether (sulfide) groups is 1. The van der Waals surface area contributed by atoms with Crippen molar-refractivity contribution in [3.63, 3.8) is 0 Å². The quantitative estimate of drug-likeness (QED) is 0.303. The third-order valence-corrected chi connectivity index (χ3v) is 6.52. The highest BCUT2D eigenvalue weighted by molar-refractivity contribution is 8.00. The van der Waals surface area contributed by atoms with Crippen LogP contribution < -0.4 is 21.3 Å². The van der Waals surface area contributed by atoms with Gasteiger partial charge in [-0.25, -0.2) is 4.79 Å². The summed E-state index contributed by atoms with van der Waals surface area (Å²) in [5.74, 6) is 1.20. The van der Waals surface area contributed by atoms with Crippen molar-refractivity contribution < 1.29 is 14.4 Å². The van der Waals surface area contributed by atoms with Gasteiger partial charge in [0.15, 0.2) is 0 Å². The van der Waals surface area contributed by atoms with E-state index in [0.717, 1.165) is 50.7 Å². The maximum atomic E-state index is 11.8. The lowest BCUT2D eigenvalue weighted by atomic mass is 10.0. The number of carbonyl (C=O) groups is 3. The summed E-state index contributed by atoms with van der Waals surface area (Å²) in [6.45, 7) is 0.695. The Morgan fingerprint density at radius 3 is 2.54 bits per heavy atom. The van der Waals surface area contributed by atoms with Gasteiger partial charge in [0.2, 0.25) is 11.8 Å². The molecule has 4 amide bonds. The normalized spacial score (nSPS) is 23.9. The van der Waals surface area contributed by atoms with E-state index >= 15 is 0 Å². The molecule has 2 saturated heterocycles. The second-order valence-corrected chi connectivity index (χ2v) is 8.33. The fraction of sp³-hybridized carbons (Fsp3) is 0.833. The van der Waals surface area contributed by atoms with Crippen molar-refractivity contribution >= 4 is 29.6 Å². The Balaban J connectivity index is 1.41. The molecule has 0 aliphatic carbocycles. The lowest BCUT2D eigenvalue weighted by molar-refractivity contribution is -0.122. The monoisotopic (exact) mass is 384 g/mol. The van der Waals surface area contributed by atoms with Gasteiger partial charge >= 0.3 is 6.03 Å². The van der Waals surface area contributed by atoms with E-state index in [9.17, 15) is 14.4 Å². The van der Waals surface area contributed by atoms with Gasteiger partial charge in [-0.3, -0.25) is 9.59 Å². The molecule has 2 heterocycles. The number of hydrogen-bond acceptors (Lipinski definition) is 4. The summed E-state index contributed by atoms with van der Waals surface area (Å²) in [6, 6.07) is 0.537. The standard InChI is InChI=1S/C18H32N4O3S/c1-19-15(23)9-6-3-7-11-20-16(24)10-5-2-4-8-14-17-13(12-26-14)21-18(25)22-17/h13-14,17H,2-12H2,1H3,(H,19,23)(H,20,24)(H2,21,22,25). The van der Waals surface area contributed by atoms with Crippen LogP contribution in [-0.2, 0) is 9.59 Å². The smallest absolute Gasteiger partial charge is 0.315 e. The van der Waals surface area contributed by atoms with Crippen molar-refractivity contribution in [3.05, 3.63) is 0 Å².